The monoisotopic (exact) mass is 215 g/mol. The minimum absolute atomic E-state index is 0.758. The second kappa shape index (κ2) is 5.47. The van der Waals surface area contributed by atoms with E-state index in [9.17, 15) is 0 Å². The number of imidazole rings is 1. The number of H-pyrrole nitrogens is 1. The molecule has 2 aromatic rings. The van der Waals surface area contributed by atoms with Gasteiger partial charge in [-0.15, -0.1) is 0 Å². The minimum Gasteiger partial charge on any atom is -0.348 e. The molecule has 1 aromatic carbocycles. The van der Waals surface area contributed by atoms with Crippen molar-refractivity contribution in [1.82, 2.24) is 9.97 Å². The second-order valence-electron chi connectivity index (χ2n) is 3.92. The molecule has 16 heavy (non-hydrogen) atoms. The summed E-state index contributed by atoms with van der Waals surface area (Å²) in [6.45, 7) is 0.758. The Morgan fingerprint density at radius 2 is 1.88 bits per heavy atom. The van der Waals surface area contributed by atoms with Gasteiger partial charge in [0.05, 0.1) is 0 Å². The molecule has 84 valence electrons. The Balaban J connectivity index is 1.96. The van der Waals surface area contributed by atoms with E-state index in [4.69, 9.17) is 5.73 Å². The fourth-order valence-corrected chi connectivity index (χ4v) is 1.72. The van der Waals surface area contributed by atoms with Gasteiger partial charge in [-0.2, -0.15) is 0 Å². The predicted octanol–water partition coefficient (Wildman–Crippen LogP) is 1.89. The summed E-state index contributed by atoms with van der Waals surface area (Å²) in [4.78, 5) is 7.32. The molecule has 0 saturated carbocycles. The fourth-order valence-electron chi connectivity index (χ4n) is 1.72. The van der Waals surface area contributed by atoms with Gasteiger partial charge in [0.25, 0.3) is 0 Å². The van der Waals surface area contributed by atoms with Crippen molar-refractivity contribution in [1.29, 1.82) is 0 Å². The van der Waals surface area contributed by atoms with Crippen LogP contribution in [0.5, 0.6) is 0 Å². The first kappa shape index (κ1) is 10.9. The van der Waals surface area contributed by atoms with Crippen LogP contribution in [0.1, 0.15) is 23.4 Å². The zero-order chi connectivity index (χ0) is 11.2. The van der Waals surface area contributed by atoms with Crippen LogP contribution in [0, 0.1) is 0 Å². The van der Waals surface area contributed by atoms with E-state index in [-0.39, 0.29) is 0 Å². The zero-order valence-electron chi connectivity index (χ0n) is 9.32. The predicted molar refractivity (Wildman–Crippen MR) is 65.2 cm³/mol. The molecule has 0 unspecified atom stereocenters. The van der Waals surface area contributed by atoms with Crippen LogP contribution in [-0.4, -0.2) is 16.5 Å². The number of benzene rings is 1. The first-order chi connectivity index (χ1) is 7.88. The van der Waals surface area contributed by atoms with E-state index in [1.54, 1.807) is 6.20 Å². The number of aromatic nitrogens is 2. The molecule has 0 aliphatic carbocycles. The molecule has 0 fully saturated rings. The molecule has 0 bridgehead atoms. The summed E-state index contributed by atoms with van der Waals surface area (Å²) in [5, 5.41) is 0. The van der Waals surface area contributed by atoms with Crippen LogP contribution in [0.25, 0.3) is 0 Å². The summed E-state index contributed by atoms with van der Waals surface area (Å²) in [5.41, 5.74) is 8.12. The highest BCUT2D eigenvalue weighted by Crippen LogP contribution is 2.09. The Labute approximate surface area is 95.7 Å². The van der Waals surface area contributed by atoms with E-state index in [2.05, 4.69) is 34.2 Å². The minimum atomic E-state index is 0.758. The van der Waals surface area contributed by atoms with Crippen LogP contribution >= 0.6 is 0 Å². The molecule has 2 rings (SSSR count). The molecule has 1 heterocycles. The van der Waals surface area contributed by atoms with Crippen molar-refractivity contribution in [3.63, 3.8) is 0 Å². The van der Waals surface area contributed by atoms with E-state index in [0.717, 1.165) is 31.6 Å². The summed E-state index contributed by atoms with van der Waals surface area (Å²) in [7, 11) is 0. The van der Waals surface area contributed by atoms with Gasteiger partial charge < -0.3 is 10.7 Å². The maximum absolute atomic E-state index is 5.48. The summed E-state index contributed by atoms with van der Waals surface area (Å²) < 4.78 is 0. The van der Waals surface area contributed by atoms with Crippen molar-refractivity contribution in [3.8, 4) is 0 Å². The second-order valence-corrected chi connectivity index (χ2v) is 3.92. The van der Waals surface area contributed by atoms with Crippen LogP contribution in [0.3, 0.4) is 0 Å². The standard InChI is InChI=1S/C13H17N3/c14-7-1-2-11-3-5-12(6-4-11)10-13-15-8-9-16-13/h3-6,8-9H,1-2,7,10,14H2,(H,15,16). The van der Waals surface area contributed by atoms with Gasteiger partial charge in [0.15, 0.2) is 0 Å². The van der Waals surface area contributed by atoms with Crippen molar-refractivity contribution in [2.45, 2.75) is 19.3 Å². The molecule has 0 radical (unpaired) electrons. The van der Waals surface area contributed by atoms with E-state index in [1.165, 1.54) is 11.1 Å². The lowest BCUT2D eigenvalue weighted by atomic mass is 10.1. The lowest BCUT2D eigenvalue weighted by Gasteiger charge is -2.02. The highest BCUT2D eigenvalue weighted by atomic mass is 14.9. The van der Waals surface area contributed by atoms with E-state index >= 15 is 0 Å². The van der Waals surface area contributed by atoms with Gasteiger partial charge in [0.2, 0.25) is 0 Å². The maximum atomic E-state index is 5.48. The molecule has 0 amide bonds. The number of nitrogens with two attached hydrogens (primary N) is 1. The highest BCUT2D eigenvalue weighted by molar-refractivity contribution is 5.24. The molecule has 3 N–H and O–H groups in total. The van der Waals surface area contributed by atoms with E-state index < -0.39 is 0 Å². The molecular weight excluding hydrogens is 198 g/mol. The molecule has 3 heteroatoms. The molecule has 0 aliphatic heterocycles. The Kier molecular flexibility index (Phi) is 3.72. The first-order valence-electron chi connectivity index (χ1n) is 5.64. The van der Waals surface area contributed by atoms with Gasteiger partial charge in [-0.25, -0.2) is 4.98 Å². The van der Waals surface area contributed by atoms with Gasteiger partial charge in [-0.3, -0.25) is 0 Å². The van der Waals surface area contributed by atoms with Crippen LogP contribution in [0.15, 0.2) is 36.7 Å². The van der Waals surface area contributed by atoms with Crippen LogP contribution < -0.4 is 5.73 Å². The molecule has 1 aromatic heterocycles. The van der Waals surface area contributed by atoms with Crippen LogP contribution in [-0.2, 0) is 12.8 Å². The number of nitrogens with one attached hydrogen (secondary N) is 1. The van der Waals surface area contributed by atoms with Gasteiger partial charge in [0.1, 0.15) is 5.82 Å². The number of hydrogen-bond donors (Lipinski definition) is 2. The lowest BCUT2D eigenvalue weighted by molar-refractivity contribution is 0.832. The smallest absolute Gasteiger partial charge is 0.110 e. The van der Waals surface area contributed by atoms with E-state index in [1.807, 2.05) is 6.20 Å². The topological polar surface area (TPSA) is 54.7 Å². The van der Waals surface area contributed by atoms with Gasteiger partial charge in [0, 0.05) is 18.8 Å². The third-order valence-electron chi connectivity index (χ3n) is 2.62. The molecular formula is C13H17N3. The molecule has 0 aliphatic rings. The first-order valence-corrected chi connectivity index (χ1v) is 5.64. The average Bonchev–Trinajstić information content (AvgIpc) is 2.81. The third-order valence-corrected chi connectivity index (χ3v) is 2.62. The summed E-state index contributed by atoms with van der Waals surface area (Å²) >= 11 is 0. The number of aromatic amines is 1. The number of hydrogen-bond acceptors (Lipinski definition) is 2. The van der Waals surface area contributed by atoms with Crippen molar-refractivity contribution < 1.29 is 0 Å². The third kappa shape index (κ3) is 2.94. The summed E-state index contributed by atoms with van der Waals surface area (Å²) in [5.74, 6) is 1.01. The number of aryl methyl sites for hydroxylation is 1. The molecule has 0 atom stereocenters. The largest absolute Gasteiger partial charge is 0.348 e. The van der Waals surface area contributed by atoms with Gasteiger partial charge in [-0.1, -0.05) is 24.3 Å². The Morgan fingerprint density at radius 3 is 2.50 bits per heavy atom. The summed E-state index contributed by atoms with van der Waals surface area (Å²) in [6.07, 6.45) is 6.62. The zero-order valence-corrected chi connectivity index (χ0v) is 9.32. The Morgan fingerprint density at radius 1 is 1.12 bits per heavy atom. The lowest BCUT2D eigenvalue weighted by Crippen LogP contribution is -2.00. The number of nitrogens with zero attached hydrogens (tertiary/aromatic N) is 1. The maximum Gasteiger partial charge on any atom is 0.110 e. The van der Waals surface area contributed by atoms with Gasteiger partial charge in [-0.05, 0) is 30.5 Å². The quantitative estimate of drug-likeness (QED) is 0.800. The van der Waals surface area contributed by atoms with Crippen molar-refractivity contribution >= 4 is 0 Å². The molecule has 0 saturated heterocycles. The van der Waals surface area contributed by atoms with Crippen LogP contribution in [0.2, 0.25) is 0 Å². The fraction of sp³-hybridized carbons (Fsp3) is 0.308. The summed E-state index contributed by atoms with van der Waals surface area (Å²) in [6, 6.07) is 8.67. The van der Waals surface area contributed by atoms with Gasteiger partial charge >= 0.3 is 0 Å². The van der Waals surface area contributed by atoms with Crippen LogP contribution in [0.4, 0.5) is 0 Å². The van der Waals surface area contributed by atoms with Crippen molar-refractivity contribution in [2.24, 2.45) is 5.73 Å². The Hall–Kier alpha value is -1.61. The highest BCUT2D eigenvalue weighted by Gasteiger charge is 1.98. The van der Waals surface area contributed by atoms with Crippen molar-refractivity contribution in [3.05, 3.63) is 53.6 Å². The normalized spacial score (nSPS) is 10.6. The van der Waals surface area contributed by atoms with E-state index in [0.29, 0.717) is 0 Å². The Bertz CT molecular complexity index is 403. The average molecular weight is 215 g/mol. The molecule has 3 nitrogen and oxygen atoms in total. The number of rotatable bonds is 5. The van der Waals surface area contributed by atoms with Crippen molar-refractivity contribution in [2.75, 3.05) is 6.54 Å². The SMILES string of the molecule is NCCCc1ccc(Cc2ncc[nH]2)cc1. The molecule has 0 spiro atoms.